The van der Waals surface area contributed by atoms with Gasteiger partial charge < -0.3 is 15.5 Å². The van der Waals surface area contributed by atoms with Gasteiger partial charge >= 0.3 is 0 Å². The third-order valence-electron chi connectivity index (χ3n) is 5.62. The van der Waals surface area contributed by atoms with Gasteiger partial charge in [-0.05, 0) is 62.8 Å². The lowest BCUT2D eigenvalue weighted by molar-refractivity contribution is 0.530. The average molecular weight is 400 g/mol. The van der Waals surface area contributed by atoms with Crippen LogP contribution in [0.25, 0.3) is 0 Å². The van der Waals surface area contributed by atoms with Crippen molar-refractivity contribution in [2.24, 2.45) is 5.92 Å². The highest BCUT2D eigenvalue weighted by Gasteiger charge is 2.27. The predicted octanol–water partition coefficient (Wildman–Crippen LogP) is 4.71. The number of aromatic nitrogens is 2. The lowest BCUT2D eigenvalue weighted by Gasteiger charge is -2.20. The zero-order valence-electron chi connectivity index (χ0n) is 16.8. The molecule has 2 heterocycles. The molecule has 1 aliphatic heterocycles. The number of nitrogens with one attached hydrogen (secondary N) is 2. The smallest absolute Gasteiger partial charge is 0.229 e. The average Bonchev–Trinajstić information content (AvgIpc) is 3.39. The van der Waals surface area contributed by atoms with Gasteiger partial charge in [0.25, 0.3) is 0 Å². The molecule has 0 amide bonds. The van der Waals surface area contributed by atoms with Crippen molar-refractivity contribution in [3.05, 3.63) is 40.5 Å². The molecule has 150 valence electrons. The van der Waals surface area contributed by atoms with Crippen LogP contribution < -0.4 is 15.5 Å². The summed E-state index contributed by atoms with van der Waals surface area (Å²) in [4.78, 5) is 12.0. The maximum Gasteiger partial charge on any atom is 0.229 e. The van der Waals surface area contributed by atoms with E-state index in [9.17, 15) is 0 Å². The van der Waals surface area contributed by atoms with Gasteiger partial charge in [-0.2, -0.15) is 4.98 Å². The first-order valence-corrected chi connectivity index (χ1v) is 10.9. The third-order valence-corrected chi connectivity index (χ3v) is 5.86. The number of halogens is 1. The summed E-state index contributed by atoms with van der Waals surface area (Å²) in [5.41, 5.74) is 3.17. The van der Waals surface area contributed by atoms with Crippen LogP contribution in [-0.4, -0.2) is 35.6 Å². The van der Waals surface area contributed by atoms with Crippen LogP contribution in [0.3, 0.4) is 0 Å². The number of hydrogen-bond acceptors (Lipinski definition) is 5. The molecule has 1 aromatic carbocycles. The van der Waals surface area contributed by atoms with Gasteiger partial charge in [-0.1, -0.05) is 31.0 Å². The van der Waals surface area contributed by atoms with E-state index in [-0.39, 0.29) is 0 Å². The van der Waals surface area contributed by atoms with Crippen molar-refractivity contribution in [1.82, 2.24) is 15.3 Å². The van der Waals surface area contributed by atoms with Crippen LogP contribution in [0, 0.1) is 12.8 Å². The van der Waals surface area contributed by atoms with Gasteiger partial charge in [0, 0.05) is 41.6 Å². The third kappa shape index (κ3) is 4.95. The number of anilines is 3. The largest absolute Gasteiger partial charge is 0.355 e. The molecular formula is C22H30ClN5. The van der Waals surface area contributed by atoms with Crippen molar-refractivity contribution in [2.75, 3.05) is 29.9 Å². The van der Waals surface area contributed by atoms with E-state index in [1.165, 1.54) is 25.8 Å². The van der Waals surface area contributed by atoms with E-state index in [0.29, 0.717) is 17.0 Å². The molecule has 0 unspecified atom stereocenters. The fraction of sp³-hybridized carbons (Fsp3) is 0.545. The van der Waals surface area contributed by atoms with Crippen molar-refractivity contribution in [1.29, 1.82) is 0 Å². The van der Waals surface area contributed by atoms with Crippen LogP contribution in [0.1, 0.15) is 43.9 Å². The Morgan fingerprint density at radius 3 is 2.82 bits per heavy atom. The number of benzene rings is 1. The highest BCUT2D eigenvalue weighted by atomic mass is 35.5. The minimum atomic E-state index is 0.566. The van der Waals surface area contributed by atoms with Crippen LogP contribution >= 0.6 is 11.6 Å². The van der Waals surface area contributed by atoms with E-state index in [1.807, 2.05) is 18.2 Å². The van der Waals surface area contributed by atoms with E-state index < -0.39 is 0 Å². The predicted molar refractivity (Wildman–Crippen MR) is 117 cm³/mol. The molecule has 1 atom stereocenters. The van der Waals surface area contributed by atoms with E-state index in [4.69, 9.17) is 21.6 Å². The van der Waals surface area contributed by atoms with E-state index >= 15 is 0 Å². The summed E-state index contributed by atoms with van der Waals surface area (Å²) in [7, 11) is 0. The SMILES string of the molecule is CCCc1cc(N2CC[C@H](NCC3CC3)C2)nc(Nc2cc(Cl)ccc2C)n1. The molecule has 0 radical (unpaired) electrons. The molecule has 0 spiro atoms. The monoisotopic (exact) mass is 399 g/mol. The van der Waals surface area contributed by atoms with Crippen molar-refractivity contribution in [2.45, 2.75) is 52.0 Å². The topological polar surface area (TPSA) is 53.1 Å². The van der Waals surface area contributed by atoms with Gasteiger partial charge in [0.05, 0.1) is 0 Å². The fourth-order valence-electron chi connectivity index (χ4n) is 3.72. The van der Waals surface area contributed by atoms with E-state index in [2.05, 4.69) is 35.4 Å². The molecule has 28 heavy (non-hydrogen) atoms. The van der Waals surface area contributed by atoms with Crippen LogP contribution in [0.2, 0.25) is 5.02 Å². The Hall–Kier alpha value is -1.85. The molecule has 2 fully saturated rings. The second-order valence-electron chi connectivity index (χ2n) is 8.16. The van der Waals surface area contributed by atoms with Gasteiger partial charge in [0.2, 0.25) is 5.95 Å². The summed E-state index contributed by atoms with van der Waals surface area (Å²) in [5, 5.41) is 7.83. The highest BCUT2D eigenvalue weighted by Crippen LogP contribution is 2.29. The summed E-state index contributed by atoms with van der Waals surface area (Å²) in [6.07, 6.45) is 5.99. The Morgan fingerprint density at radius 1 is 1.18 bits per heavy atom. The Morgan fingerprint density at radius 2 is 2.04 bits per heavy atom. The molecule has 2 aromatic rings. The Bertz CT molecular complexity index is 821. The van der Waals surface area contributed by atoms with E-state index in [0.717, 1.165) is 54.6 Å². The number of nitrogens with zero attached hydrogens (tertiary/aromatic N) is 3. The first-order valence-electron chi connectivity index (χ1n) is 10.5. The lowest BCUT2D eigenvalue weighted by atomic mass is 10.2. The molecule has 4 rings (SSSR count). The Balaban J connectivity index is 1.51. The maximum absolute atomic E-state index is 6.18. The van der Waals surface area contributed by atoms with Gasteiger partial charge in [0.15, 0.2) is 0 Å². The molecule has 5 nitrogen and oxygen atoms in total. The standard InChI is InChI=1S/C22H30ClN5/c1-3-4-18-12-21(28-10-9-19(14-28)24-13-16-6-7-16)27-22(25-18)26-20-11-17(23)8-5-15(20)2/h5,8,11-12,16,19,24H,3-4,6-7,9-10,13-14H2,1-2H3,(H,25,26,27)/t19-/m0/s1. The quantitative estimate of drug-likeness (QED) is 0.673. The normalized spacial score (nSPS) is 19.2. The molecule has 6 heteroatoms. The lowest BCUT2D eigenvalue weighted by Crippen LogP contribution is -2.34. The number of rotatable bonds is 8. The van der Waals surface area contributed by atoms with Gasteiger partial charge in [-0.15, -0.1) is 0 Å². The minimum Gasteiger partial charge on any atom is -0.355 e. The molecule has 2 N–H and O–H groups in total. The van der Waals surface area contributed by atoms with Crippen molar-refractivity contribution in [3.63, 3.8) is 0 Å². The second kappa shape index (κ2) is 8.66. The molecule has 2 aliphatic rings. The first-order chi connectivity index (χ1) is 13.6. The fourth-order valence-corrected chi connectivity index (χ4v) is 3.90. The van der Waals surface area contributed by atoms with Crippen molar-refractivity contribution < 1.29 is 0 Å². The second-order valence-corrected chi connectivity index (χ2v) is 8.60. The Labute approximate surface area is 172 Å². The molecular weight excluding hydrogens is 370 g/mol. The molecule has 1 saturated heterocycles. The van der Waals surface area contributed by atoms with Crippen molar-refractivity contribution >= 4 is 29.1 Å². The number of hydrogen-bond donors (Lipinski definition) is 2. The van der Waals surface area contributed by atoms with Crippen LogP contribution in [-0.2, 0) is 6.42 Å². The minimum absolute atomic E-state index is 0.566. The number of aryl methyl sites for hydroxylation is 2. The van der Waals surface area contributed by atoms with E-state index in [1.54, 1.807) is 0 Å². The molecule has 0 bridgehead atoms. The maximum atomic E-state index is 6.18. The summed E-state index contributed by atoms with van der Waals surface area (Å²) < 4.78 is 0. The van der Waals surface area contributed by atoms with Crippen LogP contribution in [0.5, 0.6) is 0 Å². The molecule has 1 aliphatic carbocycles. The van der Waals surface area contributed by atoms with Crippen LogP contribution in [0.15, 0.2) is 24.3 Å². The molecule has 1 aromatic heterocycles. The van der Waals surface area contributed by atoms with Gasteiger partial charge in [-0.25, -0.2) is 4.98 Å². The zero-order valence-corrected chi connectivity index (χ0v) is 17.6. The summed E-state index contributed by atoms with van der Waals surface area (Å²) in [6, 6.07) is 8.57. The highest BCUT2D eigenvalue weighted by molar-refractivity contribution is 6.30. The van der Waals surface area contributed by atoms with Crippen molar-refractivity contribution in [3.8, 4) is 0 Å². The molecule has 1 saturated carbocycles. The van der Waals surface area contributed by atoms with Gasteiger partial charge in [0.1, 0.15) is 5.82 Å². The zero-order chi connectivity index (χ0) is 19.5. The summed E-state index contributed by atoms with van der Waals surface area (Å²) in [5.74, 6) is 2.60. The first kappa shape index (κ1) is 19.5. The Kier molecular flexibility index (Phi) is 6.02. The summed E-state index contributed by atoms with van der Waals surface area (Å²) in [6.45, 7) is 7.48. The summed E-state index contributed by atoms with van der Waals surface area (Å²) >= 11 is 6.18. The van der Waals surface area contributed by atoms with Crippen LogP contribution in [0.4, 0.5) is 17.5 Å². The van der Waals surface area contributed by atoms with Gasteiger partial charge in [-0.3, -0.25) is 0 Å².